The number of esters is 1. The Bertz CT molecular complexity index is 478. The molecular weight excluding hydrogens is 206 g/mol. The molecule has 2 N–H and O–H groups in total. The number of carbonyl (C=O) groups excluding carboxylic acids is 2. The van der Waals surface area contributed by atoms with Gasteiger partial charge in [0.1, 0.15) is 5.70 Å². The van der Waals surface area contributed by atoms with Crippen molar-refractivity contribution >= 4 is 11.8 Å². The smallest absolute Gasteiger partial charge is 0.355 e. The molecule has 0 fully saturated rings. The van der Waals surface area contributed by atoms with Crippen molar-refractivity contribution in [3.63, 3.8) is 0 Å². The Morgan fingerprint density at radius 1 is 1.19 bits per heavy atom. The lowest BCUT2D eigenvalue weighted by atomic mass is 9.89. The molecule has 16 heavy (non-hydrogen) atoms. The molecule has 2 rings (SSSR count). The lowest BCUT2D eigenvalue weighted by Gasteiger charge is -2.30. The van der Waals surface area contributed by atoms with E-state index in [9.17, 15) is 9.59 Å². The first-order valence-corrected chi connectivity index (χ1v) is 4.84. The summed E-state index contributed by atoms with van der Waals surface area (Å²) in [7, 11) is 0. The van der Waals surface area contributed by atoms with Crippen LogP contribution >= 0.6 is 0 Å². The SMILES string of the molecule is CC1(c2ccccc2)OC(=O)C(N)=CC1=O. The largest absolute Gasteiger partial charge is 0.441 e. The van der Waals surface area contributed by atoms with Crippen LogP contribution in [0.4, 0.5) is 0 Å². The molecule has 4 nitrogen and oxygen atoms in total. The number of rotatable bonds is 1. The molecule has 1 unspecified atom stereocenters. The molecule has 0 bridgehead atoms. The van der Waals surface area contributed by atoms with E-state index < -0.39 is 11.6 Å². The molecule has 0 saturated carbocycles. The van der Waals surface area contributed by atoms with Crippen LogP contribution in [0.2, 0.25) is 0 Å². The molecule has 0 saturated heterocycles. The molecule has 1 atom stereocenters. The monoisotopic (exact) mass is 217 g/mol. The predicted molar refractivity (Wildman–Crippen MR) is 57.2 cm³/mol. The summed E-state index contributed by atoms with van der Waals surface area (Å²) in [6.45, 7) is 1.56. The maximum Gasteiger partial charge on any atom is 0.355 e. The Kier molecular flexibility index (Phi) is 2.27. The molecule has 0 aliphatic carbocycles. The van der Waals surface area contributed by atoms with Gasteiger partial charge in [0.05, 0.1) is 0 Å². The fraction of sp³-hybridized carbons (Fsp3) is 0.167. The highest BCUT2D eigenvalue weighted by Crippen LogP contribution is 2.30. The molecule has 4 heteroatoms. The number of hydrogen-bond acceptors (Lipinski definition) is 4. The Balaban J connectivity index is 2.48. The highest BCUT2D eigenvalue weighted by molar-refractivity contribution is 6.07. The second-order valence-electron chi connectivity index (χ2n) is 3.75. The minimum absolute atomic E-state index is 0.154. The maximum absolute atomic E-state index is 11.8. The number of benzene rings is 1. The van der Waals surface area contributed by atoms with E-state index in [1.807, 2.05) is 6.07 Å². The molecule has 1 aromatic carbocycles. The van der Waals surface area contributed by atoms with E-state index in [0.29, 0.717) is 5.56 Å². The van der Waals surface area contributed by atoms with Crippen LogP contribution in [0.25, 0.3) is 0 Å². The van der Waals surface area contributed by atoms with Crippen molar-refractivity contribution in [2.45, 2.75) is 12.5 Å². The topological polar surface area (TPSA) is 69.4 Å². The van der Waals surface area contributed by atoms with Crippen LogP contribution in [0.15, 0.2) is 42.1 Å². The number of cyclic esters (lactones) is 1. The van der Waals surface area contributed by atoms with Crippen LogP contribution in [0, 0.1) is 0 Å². The average Bonchev–Trinajstić information content (AvgIpc) is 2.28. The van der Waals surface area contributed by atoms with E-state index in [4.69, 9.17) is 10.5 Å². The lowest BCUT2D eigenvalue weighted by molar-refractivity contribution is -0.163. The van der Waals surface area contributed by atoms with Crippen LogP contribution in [0.5, 0.6) is 0 Å². The second kappa shape index (κ2) is 3.48. The van der Waals surface area contributed by atoms with Gasteiger partial charge in [0, 0.05) is 11.6 Å². The van der Waals surface area contributed by atoms with Crippen molar-refractivity contribution in [3.8, 4) is 0 Å². The zero-order valence-corrected chi connectivity index (χ0v) is 8.77. The number of nitrogens with two attached hydrogens (primary N) is 1. The minimum Gasteiger partial charge on any atom is -0.441 e. The fourth-order valence-electron chi connectivity index (χ4n) is 1.59. The molecule has 1 heterocycles. The van der Waals surface area contributed by atoms with Gasteiger partial charge >= 0.3 is 5.97 Å². The molecule has 1 aliphatic heterocycles. The third-order valence-corrected chi connectivity index (χ3v) is 2.61. The Hall–Kier alpha value is -2.10. The van der Waals surface area contributed by atoms with E-state index in [0.717, 1.165) is 6.08 Å². The molecule has 0 aromatic heterocycles. The first-order valence-electron chi connectivity index (χ1n) is 4.84. The van der Waals surface area contributed by atoms with Crippen LogP contribution in [0.3, 0.4) is 0 Å². The van der Waals surface area contributed by atoms with Crippen LogP contribution in [-0.2, 0) is 19.9 Å². The van der Waals surface area contributed by atoms with Crippen molar-refractivity contribution in [3.05, 3.63) is 47.7 Å². The summed E-state index contributed by atoms with van der Waals surface area (Å²) < 4.78 is 5.10. The molecule has 1 aromatic rings. The summed E-state index contributed by atoms with van der Waals surface area (Å²) in [5.41, 5.74) is 4.55. The highest BCUT2D eigenvalue weighted by atomic mass is 16.6. The predicted octanol–water partition coefficient (Wildman–Crippen LogP) is 0.870. The van der Waals surface area contributed by atoms with Crippen molar-refractivity contribution in [2.24, 2.45) is 5.73 Å². The van der Waals surface area contributed by atoms with E-state index in [1.165, 1.54) is 0 Å². The average molecular weight is 217 g/mol. The van der Waals surface area contributed by atoms with Gasteiger partial charge in [-0.3, -0.25) is 4.79 Å². The van der Waals surface area contributed by atoms with Crippen molar-refractivity contribution in [2.75, 3.05) is 0 Å². The third-order valence-electron chi connectivity index (χ3n) is 2.61. The van der Waals surface area contributed by atoms with Gasteiger partial charge < -0.3 is 10.5 Å². The lowest BCUT2D eigenvalue weighted by Crippen LogP contribution is -2.42. The molecular formula is C12H11NO3. The standard InChI is InChI=1S/C12H11NO3/c1-12(8-5-3-2-4-6-8)10(14)7-9(13)11(15)16-12/h2-7H,13H2,1H3. The number of ketones is 1. The van der Waals surface area contributed by atoms with Gasteiger partial charge in [-0.25, -0.2) is 4.79 Å². The number of ether oxygens (including phenoxy) is 1. The summed E-state index contributed by atoms with van der Waals surface area (Å²) >= 11 is 0. The fourth-order valence-corrected chi connectivity index (χ4v) is 1.59. The van der Waals surface area contributed by atoms with Gasteiger partial charge in [-0.05, 0) is 6.92 Å². The maximum atomic E-state index is 11.8. The first kappa shape index (κ1) is 10.4. The molecule has 0 amide bonds. The minimum atomic E-state index is -1.26. The summed E-state index contributed by atoms with van der Waals surface area (Å²) in [6, 6.07) is 8.86. The zero-order valence-electron chi connectivity index (χ0n) is 8.77. The van der Waals surface area contributed by atoms with Gasteiger partial charge in [-0.2, -0.15) is 0 Å². The van der Waals surface area contributed by atoms with E-state index in [2.05, 4.69) is 0 Å². The Morgan fingerprint density at radius 3 is 2.44 bits per heavy atom. The normalized spacial score (nSPS) is 24.9. The summed E-state index contributed by atoms with van der Waals surface area (Å²) in [6.07, 6.45) is 1.12. The van der Waals surface area contributed by atoms with E-state index in [1.54, 1.807) is 31.2 Å². The molecule has 0 spiro atoms. The number of hydrogen-bond donors (Lipinski definition) is 1. The van der Waals surface area contributed by atoms with Crippen LogP contribution in [0.1, 0.15) is 12.5 Å². The molecule has 82 valence electrons. The van der Waals surface area contributed by atoms with Crippen LogP contribution in [-0.4, -0.2) is 11.8 Å². The summed E-state index contributed by atoms with van der Waals surface area (Å²) in [5, 5.41) is 0. The highest BCUT2D eigenvalue weighted by Gasteiger charge is 2.41. The van der Waals surface area contributed by atoms with E-state index in [-0.39, 0.29) is 11.5 Å². The van der Waals surface area contributed by atoms with Gasteiger partial charge in [0.25, 0.3) is 0 Å². The van der Waals surface area contributed by atoms with Gasteiger partial charge in [0.2, 0.25) is 5.78 Å². The quantitative estimate of drug-likeness (QED) is 0.708. The summed E-state index contributed by atoms with van der Waals surface area (Å²) in [5.74, 6) is -0.984. The molecule has 1 aliphatic rings. The number of carbonyl (C=O) groups is 2. The van der Waals surface area contributed by atoms with Gasteiger partial charge in [-0.1, -0.05) is 30.3 Å². The van der Waals surface area contributed by atoms with Gasteiger partial charge in [-0.15, -0.1) is 0 Å². The van der Waals surface area contributed by atoms with Gasteiger partial charge in [0.15, 0.2) is 5.60 Å². The van der Waals surface area contributed by atoms with Crippen molar-refractivity contribution in [1.82, 2.24) is 0 Å². The first-order chi connectivity index (χ1) is 7.54. The summed E-state index contributed by atoms with van der Waals surface area (Å²) in [4.78, 5) is 23.2. The molecule has 0 radical (unpaired) electrons. The third kappa shape index (κ3) is 1.48. The van der Waals surface area contributed by atoms with E-state index >= 15 is 0 Å². The van der Waals surface area contributed by atoms with Crippen molar-refractivity contribution in [1.29, 1.82) is 0 Å². The Morgan fingerprint density at radius 2 is 1.81 bits per heavy atom. The second-order valence-corrected chi connectivity index (χ2v) is 3.75. The Labute approximate surface area is 92.7 Å². The van der Waals surface area contributed by atoms with Crippen molar-refractivity contribution < 1.29 is 14.3 Å². The van der Waals surface area contributed by atoms with Crippen LogP contribution < -0.4 is 5.73 Å². The zero-order chi connectivity index (χ0) is 11.8.